The third-order valence-corrected chi connectivity index (χ3v) is 9.81. The van der Waals surface area contributed by atoms with Crippen LogP contribution in [0, 0.1) is 0 Å². The van der Waals surface area contributed by atoms with Crippen LogP contribution in [0.5, 0.6) is 0 Å². The number of carbonyl (C=O) groups is 2. The van der Waals surface area contributed by atoms with Gasteiger partial charge in [-0.1, -0.05) is 101 Å². The van der Waals surface area contributed by atoms with Crippen molar-refractivity contribution in [2.45, 2.75) is 129 Å². The van der Waals surface area contributed by atoms with Crippen LogP contribution in [0.1, 0.15) is 124 Å². The Balaban J connectivity index is 1.35. The largest absolute Gasteiger partial charge is 0.481 e. The lowest BCUT2D eigenvalue weighted by Crippen LogP contribution is -2.28. The molecule has 4 rings (SSSR count). The smallest absolute Gasteiger partial charge is 0.306 e. The summed E-state index contributed by atoms with van der Waals surface area (Å²) in [5.74, 6) is -0.871. The predicted molar refractivity (Wildman–Crippen MR) is 202 cm³/mol. The number of unbranched alkanes of at least 4 members (excludes halogenated alkanes) is 7. The Morgan fingerprint density at radius 2 is 1.39 bits per heavy atom. The number of rotatable bonds is 17. The summed E-state index contributed by atoms with van der Waals surface area (Å²) in [4.78, 5) is 25.5. The lowest BCUT2D eigenvalue weighted by molar-refractivity contribution is -0.438. The van der Waals surface area contributed by atoms with E-state index in [9.17, 15) is 14.7 Å². The topological polar surface area (TPSA) is 69.9 Å². The van der Waals surface area contributed by atoms with E-state index in [1.54, 1.807) is 0 Å². The molecule has 0 saturated carbocycles. The van der Waals surface area contributed by atoms with Gasteiger partial charge in [-0.3, -0.25) is 9.59 Å². The number of esters is 1. The van der Waals surface area contributed by atoms with E-state index in [0.29, 0.717) is 13.0 Å². The summed E-state index contributed by atoms with van der Waals surface area (Å²) in [5, 5.41) is 9.40. The summed E-state index contributed by atoms with van der Waals surface area (Å²) in [6, 6.07) is 17.1. The molecular formula is C43H59N2O4+. The molecule has 2 aliphatic rings. The molecule has 6 heteroatoms. The van der Waals surface area contributed by atoms with Gasteiger partial charge in [-0.2, -0.15) is 4.58 Å². The van der Waals surface area contributed by atoms with Crippen molar-refractivity contribution >= 4 is 29.0 Å². The Morgan fingerprint density at radius 1 is 0.776 bits per heavy atom. The van der Waals surface area contributed by atoms with Gasteiger partial charge in [0.05, 0.1) is 11.8 Å². The average molecular weight is 668 g/mol. The number of allylic oxidation sites excluding steroid dienone is 6. The minimum atomic E-state index is -0.787. The lowest BCUT2D eigenvalue weighted by Gasteiger charge is -2.26. The summed E-state index contributed by atoms with van der Waals surface area (Å²) in [6.07, 6.45) is 20.6. The van der Waals surface area contributed by atoms with Crippen LogP contribution in [-0.4, -0.2) is 46.0 Å². The maximum absolute atomic E-state index is 11.9. The minimum absolute atomic E-state index is 0.0840. The molecule has 6 nitrogen and oxygen atoms in total. The molecule has 0 radical (unpaired) electrons. The van der Waals surface area contributed by atoms with E-state index in [1.807, 2.05) is 26.8 Å². The van der Waals surface area contributed by atoms with Gasteiger partial charge in [0.15, 0.2) is 5.71 Å². The zero-order valence-electron chi connectivity index (χ0n) is 31.1. The second-order valence-electron chi connectivity index (χ2n) is 15.6. The molecular weight excluding hydrogens is 608 g/mol. The Bertz CT molecular complexity index is 1580. The second kappa shape index (κ2) is 16.7. The number of carboxylic acid groups (broad SMARTS) is 1. The molecule has 0 saturated heterocycles. The van der Waals surface area contributed by atoms with Gasteiger partial charge in [0.1, 0.15) is 12.1 Å². The van der Waals surface area contributed by atoms with Crippen LogP contribution >= 0.6 is 0 Å². The van der Waals surface area contributed by atoms with E-state index in [2.05, 4.69) is 110 Å². The number of fused-ring (bicyclic) bond motifs is 2. The fourth-order valence-corrected chi connectivity index (χ4v) is 7.32. The second-order valence-corrected chi connectivity index (χ2v) is 15.6. The number of anilines is 1. The Kier molecular flexibility index (Phi) is 12.9. The van der Waals surface area contributed by atoms with E-state index >= 15 is 0 Å². The van der Waals surface area contributed by atoms with Gasteiger partial charge in [-0.05, 0) is 65.2 Å². The molecule has 0 aliphatic carbocycles. The molecule has 0 unspecified atom stereocenters. The number of hydrogen-bond donors (Lipinski definition) is 1. The predicted octanol–water partition coefficient (Wildman–Crippen LogP) is 10.2. The SMILES string of the molecule is CC(C)(C)OC(=O)CCCCCCCCCC[N+]1=C(C=CC=CC=C2N(CCC(=O)O)c3ccccc3C2(C)C)C(C)(C)c2ccccc21. The summed E-state index contributed by atoms with van der Waals surface area (Å²) >= 11 is 0. The van der Waals surface area contributed by atoms with Crippen LogP contribution in [0.25, 0.3) is 0 Å². The van der Waals surface area contributed by atoms with Crippen molar-refractivity contribution in [1.82, 2.24) is 0 Å². The lowest BCUT2D eigenvalue weighted by atomic mass is 9.81. The van der Waals surface area contributed by atoms with Crippen molar-refractivity contribution in [3.63, 3.8) is 0 Å². The number of carbonyl (C=O) groups excluding carboxylic acids is 1. The first kappa shape index (κ1) is 37.9. The van der Waals surface area contributed by atoms with Gasteiger partial charge in [0.2, 0.25) is 5.69 Å². The van der Waals surface area contributed by atoms with Crippen molar-refractivity contribution in [3.8, 4) is 0 Å². The van der Waals surface area contributed by atoms with Crippen LogP contribution in [-0.2, 0) is 25.2 Å². The number of para-hydroxylation sites is 2. The number of hydrogen-bond acceptors (Lipinski definition) is 4. The minimum Gasteiger partial charge on any atom is -0.481 e. The van der Waals surface area contributed by atoms with Gasteiger partial charge in [0, 0.05) is 53.9 Å². The zero-order chi connectivity index (χ0) is 35.7. The molecule has 2 aliphatic heterocycles. The molecule has 0 aromatic heterocycles. The highest BCUT2D eigenvalue weighted by atomic mass is 16.6. The molecule has 2 aromatic carbocycles. The molecule has 0 bridgehead atoms. The Hall–Kier alpha value is -3.93. The number of benzene rings is 2. The van der Waals surface area contributed by atoms with Crippen molar-refractivity contribution in [3.05, 3.63) is 95.7 Å². The quantitative estimate of drug-likeness (QED) is 0.0787. The number of carboxylic acids is 1. The maximum Gasteiger partial charge on any atom is 0.306 e. The summed E-state index contributed by atoms with van der Waals surface area (Å²) in [7, 11) is 0. The molecule has 2 aromatic rings. The summed E-state index contributed by atoms with van der Waals surface area (Å²) < 4.78 is 7.92. The number of aliphatic carboxylic acids is 1. The monoisotopic (exact) mass is 667 g/mol. The van der Waals surface area contributed by atoms with Crippen molar-refractivity contribution in [2.75, 3.05) is 18.0 Å². The van der Waals surface area contributed by atoms with Crippen LogP contribution in [0.4, 0.5) is 11.4 Å². The molecule has 49 heavy (non-hydrogen) atoms. The number of ether oxygens (including phenoxy) is 1. The van der Waals surface area contributed by atoms with Gasteiger partial charge < -0.3 is 14.7 Å². The molecule has 264 valence electrons. The standard InChI is InChI=1S/C43H58N2O4/c1-41(2,3)49-40(48)29-17-12-10-8-9-11-13-22-31-44-35-25-20-18-23-33(35)42(4,5)37(44)27-15-14-16-28-38-43(6,7)34-24-19-21-26-36(34)45(38)32-30-39(46)47/h14-16,18-21,23-28H,8-13,17,22,29-32H2,1-7H3/p+1. The third kappa shape index (κ3) is 9.83. The first-order valence-electron chi connectivity index (χ1n) is 18.3. The van der Waals surface area contributed by atoms with E-state index in [1.165, 1.54) is 54.6 Å². The van der Waals surface area contributed by atoms with Gasteiger partial charge in [-0.15, -0.1) is 0 Å². The van der Waals surface area contributed by atoms with Gasteiger partial charge >= 0.3 is 11.9 Å². The third-order valence-electron chi connectivity index (χ3n) is 9.81. The molecule has 0 fully saturated rings. The fraction of sp³-hybridized carbons (Fsp3) is 0.512. The van der Waals surface area contributed by atoms with Gasteiger partial charge in [0.25, 0.3) is 0 Å². The molecule has 0 amide bonds. The summed E-state index contributed by atoms with van der Waals surface area (Å²) in [6.45, 7) is 16.3. The highest BCUT2D eigenvalue weighted by Gasteiger charge is 2.44. The fourth-order valence-electron chi connectivity index (χ4n) is 7.32. The Morgan fingerprint density at radius 3 is 2.06 bits per heavy atom. The van der Waals surface area contributed by atoms with E-state index < -0.39 is 11.6 Å². The van der Waals surface area contributed by atoms with E-state index in [4.69, 9.17) is 4.74 Å². The highest BCUT2D eigenvalue weighted by molar-refractivity contribution is 6.03. The maximum atomic E-state index is 11.9. The first-order chi connectivity index (χ1) is 23.2. The van der Waals surface area contributed by atoms with Crippen LogP contribution in [0.2, 0.25) is 0 Å². The number of nitrogens with zero attached hydrogens (tertiary/aromatic N) is 2. The van der Waals surface area contributed by atoms with Crippen LogP contribution in [0.3, 0.4) is 0 Å². The highest BCUT2D eigenvalue weighted by Crippen LogP contribution is 2.47. The first-order valence-corrected chi connectivity index (χ1v) is 18.3. The molecule has 1 N–H and O–H groups in total. The van der Waals surface area contributed by atoms with Crippen LogP contribution in [0.15, 0.2) is 84.6 Å². The van der Waals surface area contributed by atoms with E-state index in [0.717, 1.165) is 37.2 Å². The van der Waals surface area contributed by atoms with Gasteiger partial charge in [-0.25, -0.2) is 0 Å². The Labute approximate surface area is 295 Å². The normalized spacial score (nSPS) is 17.4. The zero-order valence-corrected chi connectivity index (χ0v) is 31.1. The molecule has 2 heterocycles. The van der Waals surface area contributed by atoms with Crippen molar-refractivity contribution in [2.24, 2.45) is 0 Å². The van der Waals surface area contributed by atoms with Crippen molar-refractivity contribution < 1.29 is 24.0 Å². The average Bonchev–Trinajstić information content (AvgIpc) is 3.38. The van der Waals surface area contributed by atoms with Crippen molar-refractivity contribution in [1.29, 1.82) is 0 Å². The summed E-state index contributed by atoms with van der Waals surface area (Å²) in [5.41, 5.74) is 6.71. The van der Waals surface area contributed by atoms with E-state index in [-0.39, 0.29) is 23.2 Å². The molecule has 0 atom stereocenters. The van der Waals surface area contributed by atoms with Crippen LogP contribution < -0.4 is 4.90 Å². The molecule has 0 spiro atoms.